The zero-order valence-electron chi connectivity index (χ0n) is 15.5. The predicted octanol–water partition coefficient (Wildman–Crippen LogP) is 3.66. The minimum Gasteiger partial charge on any atom is -0.508 e. The number of nitrogens with zero attached hydrogens (tertiary/aromatic N) is 1. The van der Waals surface area contributed by atoms with Crippen LogP contribution >= 0.6 is 24.0 Å². The van der Waals surface area contributed by atoms with E-state index in [1.807, 2.05) is 0 Å². The van der Waals surface area contributed by atoms with Crippen LogP contribution in [0.25, 0.3) is 6.08 Å². The summed E-state index contributed by atoms with van der Waals surface area (Å²) in [5.74, 6) is -0.727. The highest BCUT2D eigenvalue weighted by atomic mass is 32.2. The van der Waals surface area contributed by atoms with E-state index in [4.69, 9.17) is 26.8 Å². The van der Waals surface area contributed by atoms with Crippen molar-refractivity contribution in [3.05, 3.63) is 52.9 Å². The summed E-state index contributed by atoms with van der Waals surface area (Å²) in [6, 6.07) is 11.2. The van der Waals surface area contributed by atoms with Crippen LogP contribution in [-0.4, -0.2) is 39.6 Å². The average molecular weight is 431 g/mol. The van der Waals surface area contributed by atoms with Crippen molar-refractivity contribution in [3.8, 4) is 17.2 Å². The molecule has 1 aliphatic heterocycles. The minimum atomic E-state index is -1.09. The van der Waals surface area contributed by atoms with Crippen LogP contribution in [0.5, 0.6) is 17.2 Å². The second-order valence-electron chi connectivity index (χ2n) is 6.05. The van der Waals surface area contributed by atoms with Gasteiger partial charge < -0.3 is 19.7 Å². The van der Waals surface area contributed by atoms with Crippen molar-refractivity contribution in [3.63, 3.8) is 0 Å². The van der Waals surface area contributed by atoms with Crippen LogP contribution in [0.3, 0.4) is 0 Å². The number of amides is 1. The number of hydrogen-bond donors (Lipinski definition) is 2. The Morgan fingerprint density at radius 2 is 2.00 bits per heavy atom. The first-order chi connectivity index (χ1) is 13.8. The summed E-state index contributed by atoms with van der Waals surface area (Å²) in [6.07, 6.45) is 0.628. The SMILES string of the molecule is COc1cc(/C=C2/SC(=S)N(c3cccc(O)c3)C2=O)ccc1OC(C)C(=O)O. The average Bonchev–Trinajstić information content (AvgIpc) is 2.95. The van der Waals surface area contributed by atoms with Gasteiger partial charge in [0.2, 0.25) is 0 Å². The lowest BCUT2D eigenvalue weighted by molar-refractivity contribution is -0.144. The van der Waals surface area contributed by atoms with Gasteiger partial charge in [-0.1, -0.05) is 36.1 Å². The third-order valence-corrected chi connectivity index (χ3v) is 5.32. The summed E-state index contributed by atoms with van der Waals surface area (Å²) in [5.41, 5.74) is 1.15. The molecule has 0 spiro atoms. The highest BCUT2D eigenvalue weighted by molar-refractivity contribution is 8.27. The Kier molecular flexibility index (Phi) is 6.09. The van der Waals surface area contributed by atoms with E-state index in [-0.39, 0.29) is 17.4 Å². The van der Waals surface area contributed by atoms with E-state index in [0.29, 0.717) is 26.2 Å². The lowest BCUT2D eigenvalue weighted by Gasteiger charge is -2.14. The first-order valence-corrected chi connectivity index (χ1v) is 9.67. The van der Waals surface area contributed by atoms with Gasteiger partial charge in [-0.3, -0.25) is 9.69 Å². The summed E-state index contributed by atoms with van der Waals surface area (Å²) < 4.78 is 11.0. The third-order valence-electron chi connectivity index (χ3n) is 4.02. The molecule has 0 bridgehead atoms. The Labute approximate surface area is 176 Å². The number of rotatable bonds is 6. The van der Waals surface area contributed by atoms with Gasteiger partial charge in [-0.05, 0) is 42.8 Å². The normalized spacial score (nSPS) is 16.2. The molecule has 2 aromatic carbocycles. The molecule has 1 atom stereocenters. The number of ether oxygens (including phenoxy) is 2. The quantitative estimate of drug-likeness (QED) is 0.528. The summed E-state index contributed by atoms with van der Waals surface area (Å²) in [5, 5.41) is 18.7. The highest BCUT2D eigenvalue weighted by Crippen LogP contribution is 2.38. The van der Waals surface area contributed by atoms with E-state index in [1.165, 1.54) is 31.1 Å². The van der Waals surface area contributed by atoms with Crippen molar-refractivity contribution in [2.75, 3.05) is 12.0 Å². The number of aromatic hydroxyl groups is 1. The molecular weight excluding hydrogens is 414 g/mol. The van der Waals surface area contributed by atoms with Gasteiger partial charge in [0.1, 0.15) is 5.75 Å². The van der Waals surface area contributed by atoms with E-state index in [1.54, 1.807) is 36.4 Å². The molecular formula is C20H17NO6S2. The number of methoxy groups -OCH3 is 1. The van der Waals surface area contributed by atoms with Gasteiger partial charge in [0.05, 0.1) is 17.7 Å². The number of phenols is 1. The smallest absolute Gasteiger partial charge is 0.344 e. The van der Waals surface area contributed by atoms with Crippen molar-refractivity contribution in [1.82, 2.24) is 0 Å². The van der Waals surface area contributed by atoms with E-state index in [2.05, 4.69) is 0 Å². The summed E-state index contributed by atoms with van der Waals surface area (Å²) in [4.78, 5) is 25.6. The monoisotopic (exact) mass is 431 g/mol. The number of thioether (sulfide) groups is 1. The highest BCUT2D eigenvalue weighted by Gasteiger charge is 2.33. The zero-order chi connectivity index (χ0) is 21.1. The molecule has 29 heavy (non-hydrogen) atoms. The Bertz CT molecular complexity index is 1020. The molecule has 0 saturated carbocycles. The van der Waals surface area contributed by atoms with Crippen molar-refractivity contribution in [1.29, 1.82) is 0 Å². The van der Waals surface area contributed by atoms with E-state index < -0.39 is 12.1 Å². The maximum Gasteiger partial charge on any atom is 0.344 e. The third kappa shape index (κ3) is 4.52. The van der Waals surface area contributed by atoms with Gasteiger partial charge in [-0.15, -0.1) is 0 Å². The van der Waals surface area contributed by atoms with Crippen molar-refractivity contribution < 1.29 is 29.3 Å². The van der Waals surface area contributed by atoms with E-state index in [0.717, 1.165) is 11.8 Å². The standard InChI is InChI=1S/C20H17NO6S2/c1-11(19(24)25)27-15-7-6-12(8-16(15)26-2)9-17-18(23)21(20(28)29-17)13-4-3-5-14(22)10-13/h3-11,22H,1-2H3,(H,24,25)/b17-9+. The molecule has 1 unspecified atom stereocenters. The van der Waals surface area contributed by atoms with Crippen LogP contribution in [-0.2, 0) is 9.59 Å². The number of aliphatic carboxylic acids is 1. The molecule has 150 valence electrons. The molecule has 0 aromatic heterocycles. The number of phenolic OH excluding ortho intramolecular Hbond substituents is 1. The number of benzene rings is 2. The number of carbonyl (C=O) groups is 2. The molecule has 0 aliphatic carbocycles. The number of carboxylic acid groups (broad SMARTS) is 1. The van der Waals surface area contributed by atoms with Gasteiger partial charge in [0, 0.05) is 6.07 Å². The Morgan fingerprint density at radius 3 is 2.66 bits per heavy atom. The lowest BCUT2D eigenvalue weighted by atomic mass is 10.1. The molecule has 2 N–H and O–H groups in total. The maximum atomic E-state index is 12.8. The molecule has 7 nitrogen and oxygen atoms in total. The molecule has 1 heterocycles. The molecule has 1 saturated heterocycles. The van der Waals surface area contributed by atoms with Crippen LogP contribution < -0.4 is 14.4 Å². The van der Waals surface area contributed by atoms with Crippen molar-refractivity contribution >= 4 is 51.9 Å². The molecule has 9 heteroatoms. The minimum absolute atomic E-state index is 0.0384. The number of thiocarbonyl (C=S) groups is 1. The fraction of sp³-hybridized carbons (Fsp3) is 0.150. The first-order valence-electron chi connectivity index (χ1n) is 8.44. The van der Waals surface area contributed by atoms with Crippen LogP contribution in [0.2, 0.25) is 0 Å². The maximum absolute atomic E-state index is 12.8. The Morgan fingerprint density at radius 1 is 1.24 bits per heavy atom. The second kappa shape index (κ2) is 8.54. The molecule has 1 amide bonds. The molecule has 1 fully saturated rings. The van der Waals surface area contributed by atoms with Gasteiger partial charge in [-0.2, -0.15) is 0 Å². The number of hydrogen-bond acceptors (Lipinski definition) is 7. The topological polar surface area (TPSA) is 96.3 Å². The molecule has 3 rings (SSSR count). The van der Waals surface area contributed by atoms with Crippen LogP contribution in [0.4, 0.5) is 5.69 Å². The molecule has 1 aliphatic rings. The summed E-state index contributed by atoms with van der Waals surface area (Å²) >= 11 is 6.47. The van der Waals surface area contributed by atoms with Gasteiger partial charge >= 0.3 is 5.97 Å². The number of carboxylic acids is 1. The zero-order valence-corrected chi connectivity index (χ0v) is 17.1. The molecule has 2 aromatic rings. The van der Waals surface area contributed by atoms with E-state index >= 15 is 0 Å². The van der Waals surface area contributed by atoms with Gasteiger partial charge in [0.25, 0.3) is 5.91 Å². The summed E-state index contributed by atoms with van der Waals surface area (Å²) in [7, 11) is 1.44. The van der Waals surface area contributed by atoms with Crippen molar-refractivity contribution in [2.24, 2.45) is 0 Å². The van der Waals surface area contributed by atoms with Crippen molar-refractivity contribution in [2.45, 2.75) is 13.0 Å². The Balaban J connectivity index is 1.87. The Hall–Kier alpha value is -3.04. The van der Waals surface area contributed by atoms with Crippen LogP contribution in [0, 0.1) is 0 Å². The first kappa shape index (κ1) is 20.7. The van der Waals surface area contributed by atoms with Crippen LogP contribution in [0.15, 0.2) is 47.4 Å². The fourth-order valence-corrected chi connectivity index (χ4v) is 3.88. The largest absolute Gasteiger partial charge is 0.508 e. The van der Waals surface area contributed by atoms with Gasteiger partial charge in [0.15, 0.2) is 21.9 Å². The fourth-order valence-electron chi connectivity index (χ4n) is 2.59. The predicted molar refractivity (Wildman–Crippen MR) is 114 cm³/mol. The summed E-state index contributed by atoms with van der Waals surface area (Å²) in [6.45, 7) is 1.42. The lowest BCUT2D eigenvalue weighted by Crippen LogP contribution is -2.27. The van der Waals surface area contributed by atoms with Crippen LogP contribution in [0.1, 0.15) is 12.5 Å². The number of anilines is 1. The van der Waals surface area contributed by atoms with Gasteiger partial charge in [-0.25, -0.2) is 4.79 Å². The molecule has 0 radical (unpaired) electrons. The second-order valence-corrected chi connectivity index (χ2v) is 7.72. The van der Waals surface area contributed by atoms with E-state index in [9.17, 15) is 14.7 Å². The number of carbonyl (C=O) groups excluding carboxylic acids is 1.